The van der Waals surface area contributed by atoms with Crippen LogP contribution in [0.25, 0.3) is 16.8 Å². The van der Waals surface area contributed by atoms with Crippen molar-refractivity contribution < 1.29 is 9.53 Å². The number of benzene rings is 2. The number of hydrogen-bond acceptors (Lipinski definition) is 5. The molecular formula is C21H18ClN5O2. The van der Waals surface area contributed by atoms with Gasteiger partial charge in [-0.25, -0.2) is 0 Å². The summed E-state index contributed by atoms with van der Waals surface area (Å²) < 4.78 is 7.44. The van der Waals surface area contributed by atoms with Crippen LogP contribution in [0.3, 0.4) is 0 Å². The summed E-state index contributed by atoms with van der Waals surface area (Å²) in [6, 6.07) is 18.7. The molecule has 0 spiro atoms. The van der Waals surface area contributed by atoms with E-state index in [9.17, 15) is 4.79 Å². The molecule has 29 heavy (non-hydrogen) atoms. The van der Waals surface area contributed by atoms with Gasteiger partial charge in [-0.15, -0.1) is 15.3 Å². The summed E-state index contributed by atoms with van der Waals surface area (Å²) >= 11 is 6.00. The topological polar surface area (TPSA) is 81.4 Å². The predicted octanol–water partition coefficient (Wildman–Crippen LogP) is 4.83. The number of carbonyl (C=O) groups excluding carboxylic acids is 1. The fourth-order valence-corrected chi connectivity index (χ4v) is 2.90. The standard InChI is InChI=1S/C21H18ClN5O2/c1-13(2)20(28)23-15-8-9-17(16(12-15)14-6-4-3-5-7-14)29-19-11-10-18-24-25-21(22)27(18)26-19/h3-13H,1-2H3,(H,23,28). The molecule has 0 aliphatic rings. The Labute approximate surface area is 172 Å². The Morgan fingerprint density at radius 3 is 2.62 bits per heavy atom. The van der Waals surface area contributed by atoms with E-state index in [-0.39, 0.29) is 17.1 Å². The Balaban J connectivity index is 1.72. The van der Waals surface area contributed by atoms with Gasteiger partial charge in [0.15, 0.2) is 5.65 Å². The number of hydrogen-bond donors (Lipinski definition) is 1. The van der Waals surface area contributed by atoms with E-state index in [1.807, 2.05) is 50.2 Å². The molecule has 2 aromatic carbocycles. The first kappa shape index (κ1) is 18.9. The van der Waals surface area contributed by atoms with Crippen LogP contribution in [0.2, 0.25) is 5.28 Å². The SMILES string of the molecule is CC(C)C(=O)Nc1ccc(Oc2ccc3nnc(Cl)n3n2)c(-c2ccccc2)c1. The van der Waals surface area contributed by atoms with Gasteiger partial charge in [-0.1, -0.05) is 44.2 Å². The fraction of sp³-hybridized carbons (Fsp3) is 0.143. The largest absolute Gasteiger partial charge is 0.437 e. The van der Waals surface area contributed by atoms with Crippen molar-refractivity contribution in [1.29, 1.82) is 0 Å². The third-order valence-electron chi connectivity index (χ3n) is 4.27. The number of anilines is 1. The zero-order valence-corrected chi connectivity index (χ0v) is 16.6. The molecule has 0 bridgehead atoms. The molecule has 4 aromatic rings. The number of carbonyl (C=O) groups is 1. The van der Waals surface area contributed by atoms with E-state index < -0.39 is 0 Å². The van der Waals surface area contributed by atoms with Gasteiger partial charge in [-0.05, 0) is 41.4 Å². The lowest BCUT2D eigenvalue weighted by molar-refractivity contribution is -0.118. The summed E-state index contributed by atoms with van der Waals surface area (Å²) in [5.74, 6) is 0.771. The van der Waals surface area contributed by atoms with Crippen LogP contribution >= 0.6 is 11.6 Å². The van der Waals surface area contributed by atoms with Crippen molar-refractivity contribution in [1.82, 2.24) is 19.8 Å². The molecule has 2 aromatic heterocycles. The van der Waals surface area contributed by atoms with Gasteiger partial charge in [0.25, 0.3) is 0 Å². The maximum atomic E-state index is 12.1. The van der Waals surface area contributed by atoms with Crippen molar-refractivity contribution in [3.8, 4) is 22.8 Å². The van der Waals surface area contributed by atoms with E-state index in [0.29, 0.717) is 23.0 Å². The van der Waals surface area contributed by atoms with E-state index in [0.717, 1.165) is 11.1 Å². The lowest BCUT2D eigenvalue weighted by atomic mass is 10.0. The number of nitrogens with one attached hydrogen (secondary N) is 1. The number of aromatic nitrogens is 4. The lowest BCUT2D eigenvalue weighted by Crippen LogP contribution is -2.17. The molecule has 0 radical (unpaired) electrons. The molecule has 8 heteroatoms. The highest BCUT2D eigenvalue weighted by Crippen LogP contribution is 2.35. The van der Waals surface area contributed by atoms with E-state index in [4.69, 9.17) is 16.3 Å². The first-order valence-electron chi connectivity index (χ1n) is 9.07. The monoisotopic (exact) mass is 407 g/mol. The highest BCUT2D eigenvalue weighted by molar-refractivity contribution is 6.28. The van der Waals surface area contributed by atoms with Crippen LogP contribution in [0.4, 0.5) is 5.69 Å². The summed E-state index contributed by atoms with van der Waals surface area (Å²) in [6.07, 6.45) is 0. The van der Waals surface area contributed by atoms with Gasteiger partial charge in [0.2, 0.25) is 17.1 Å². The summed E-state index contributed by atoms with van der Waals surface area (Å²) in [6.45, 7) is 3.70. The summed E-state index contributed by atoms with van der Waals surface area (Å²) in [7, 11) is 0. The van der Waals surface area contributed by atoms with Crippen LogP contribution in [0.5, 0.6) is 11.6 Å². The molecule has 0 saturated carbocycles. The summed E-state index contributed by atoms with van der Waals surface area (Å²) in [4.78, 5) is 12.1. The zero-order valence-electron chi connectivity index (χ0n) is 15.8. The van der Waals surface area contributed by atoms with Gasteiger partial charge in [-0.3, -0.25) is 4.79 Å². The third-order valence-corrected chi connectivity index (χ3v) is 4.51. The number of nitrogens with zero attached hydrogens (tertiary/aromatic N) is 4. The molecule has 1 amide bonds. The molecule has 7 nitrogen and oxygen atoms in total. The Kier molecular flexibility index (Phi) is 5.14. The van der Waals surface area contributed by atoms with E-state index in [1.54, 1.807) is 24.3 Å². The van der Waals surface area contributed by atoms with Crippen molar-refractivity contribution in [3.05, 3.63) is 65.9 Å². The molecule has 0 atom stereocenters. The molecule has 0 aliphatic heterocycles. The average Bonchev–Trinajstić information content (AvgIpc) is 3.10. The van der Waals surface area contributed by atoms with Crippen LogP contribution < -0.4 is 10.1 Å². The highest BCUT2D eigenvalue weighted by Gasteiger charge is 2.13. The maximum Gasteiger partial charge on any atom is 0.246 e. The number of amides is 1. The smallest absolute Gasteiger partial charge is 0.246 e. The first-order valence-corrected chi connectivity index (χ1v) is 9.45. The van der Waals surface area contributed by atoms with Gasteiger partial charge in [-0.2, -0.15) is 4.52 Å². The van der Waals surface area contributed by atoms with E-state index >= 15 is 0 Å². The molecule has 4 rings (SSSR count). The summed E-state index contributed by atoms with van der Waals surface area (Å²) in [5.41, 5.74) is 2.99. The minimum atomic E-state index is -0.115. The van der Waals surface area contributed by atoms with Crippen molar-refractivity contribution in [2.24, 2.45) is 5.92 Å². The minimum absolute atomic E-state index is 0.0490. The van der Waals surface area contributed by atoms with Gasteiger partial charge >= 0.3 is 0 Å². The highest BCUT2D eigenvalue weighted by atomic mass is 35.5. The van der Waals surface area contributed by atoms with E-state index in [1.165, 1.54) is 4.52 Å². The summed E-state index contributed by atoms with van der Waals surface area (Å²) in [5, 5.41) is 15.1. The van der Waals surface area contributed by atoms with Gasteiger partial charge in [0.1, 0.15) is 5.75 Å². The second-order valence-corrected chi connectivity index (χ2v) is 7.07. The molecule has 0 aliphatic carbocycles. The molecule has 146 valence electrons. The van der Waals surface area contributed by atoms with Gasteiger partial charge < -0.3 is 10.1 Å². The molecule has 0 fully saturated rings. The zero-order chi connectivity index (χ0) is 20.4. The molecule has 2 heterocycles. The van der Waals surface area contributed by atoms with Crippen molar-refractivity contribution in [3.63, 3.8) is 0 Å². The number of rotatable bonds is 5. The van der Waals surface area contributed by atoms with Crippen LogP contribution in [-0.4, -0.2) is 25.7 Å². The van der Waals surface area contributed by atoms with Crippen LogP contribution in [-0.2, 0) is 4.79 Å². The number of ether oxygens (including phenoxy) is 1. The quantitative estimate of drug-likeness (QED) is 0.512. The maximum absolute atomic E-state index is 12.1. The number of halogens is 1. The molecule has 0 unspecified atom stereocenters. The van der Waals surface area contributed by atoms with Crippen LogP contribution in [0, 0.1) is 5.92 Å². The van der Waals surface area contributed by atoms with Crippen molar-refractivity contribution in [2.75, 3.05) is 5.32 Å². The second-order valence-electron chi connectivity index (χ2n) is 6.73. The van der Waals surface area contributed by atoms with Crippen LogP contribution in [0.1, 0.15) is 13.8 Å². The Hall–Kier alpha value is -3.45. The number of fused-ring (bicyclic) bond motifs is 1. The Bertz CT molecular complexity index is 1170. The molecular weight excluding hydrogens is 390 g/mol. The fourth-order valence-electron chi connectivity index (χ4n) is 2.74. The molecule has 1 N–H and O–H groups in total. The normalized spacial score (nSPS) is 11.0. The van der Waals surface area contributed by atoms with Gasteiger partial charge in [0.05, 0.1) is 0 Å². The van der Waals surface area contributed by atoms with Crippen molar-refractivity contribution in [2.45, 2.75) is 13.8 Å². The average molecular weight is 408 g/mol. The van der Waals surface area contributed by atoms with Crippen molar-refractivity contribution >= 4 is 28.8 Å². The predicted molar refractivity (Wildman–Crippen MR) is 111 cm³/mol. The molecule has 0 saturated heterocycles. The Morgan fingerprint density at radius 1 is 1.07 bits per heavy atom. The minimum Gasteiger partial charge on any atom is -0.437 e. The van der Waals surface area contributed by atoms with E-state index in [2.05, 4.69) is 20.6 Å². The van der Waals surface area contributed by atoms with Crippen LogP contribution in [0.15, 0.2) is 60.7 Å². The second kappa shape index (κ2) is 7.89. The first-order chi connectivity index (χ1) is 14.0. The lowest BCUT2D eigenvalue weighted by Gasteiger charge is -2.14. The third kappa shape index (κ3) is 4.05. The van der Waals surface area contributed by atoms with Gasteiger partial charge in [0, 0.05) is 23.2 Å². The Morgan fingerprint density at radius 2 is 1.86 bits per heavy atom.